The second kappa shape index (κ2) is 16.4. The van der Waals surface area contributed by atoms with Gasteiger partial charge in [-0.15, -0.1) is 6.58 Å². The van der Waals surface area contributed by atoms with Crippen molar-refractivity contribution in [2.45, 2.75) is 184 Å². The van der Waals surface area contributed by atoms with Crippen LogP contribution in [0.5, 0.6) is 0 Å². The van der Waals surface area contributed by atoms with Crippen molar-refractivity contribution in [3.63, 3.8) is 0 Å². The van der Waals surface area contributed by atoms with Gasteiger partial charge in [-0.3, -0.25) is 0 Å². The third kappa shape index (κ3) is 8.18. The lowest BCUT2D eigenvalue weighted by Crippen LogP contribution is -2.65. The summed E-state index contributed by atoms with van der Waals surface area (Å²) in [5.41, 5.74) is -0.477. The summed E-state index contributed by atoms with van der Waals surface area (Å²) in [6.07, 6.45) is -14.7. The summed E-state index contributed by atoms with van der Waals surface area (Å²) in [4.78, 5) is 0. The highest BCUT2D eigenvalue weighted by Crippen LogP contribution is 2.63. The molecule has 5 aliphatic rings. The Morgan fingerprint density at radius 3 is 1.94 bits per heavy atom. The first kappa shape index (κ1) is 43.0. The topological polar surface area (TPSA) is 237 Å². The quantitative estimate of drug-likeness (QED) is 0.0996. The molecule has 0 aromatic carbocycles. The van der Waals surface area contributed by atoms with Gasteiger partial charge in [-0.05, 0) is 82.0 Å². The zero-order valence-electron chi connectivity index (χ0n) is 31.8. The van der Waals surface area contributed by atoms with Gasteiger partial charge >= 0.3 is 0 Å². The monoisotopic (exact) mass is 760 g/mol. The van der Waals surface area contributed by atoms with Gasteiger partial charge in [-0.25, -0.2) is 0 Å². The summed E-state index contributed by atoms with van der Waals surface area (Å²) in [5, 5.41) is 94.2. The number of aliphatic hydroxyl groups is 9. The van der Waals surface area contributed by atoms with Crippen LogP contribution in [0.4, 0.5) is 0 Å². The van der Waals surface area contributed by atoms with Crippen molar-refractivity contribution >= 4 is 0 Å². The Bertz CT molecular complexity index is 1270. The first-order valence-corrected chi connectivity index (χ1v) is 19.0. The van der Waals surface area contributed by atoms with Crippen molar-refractivity contribution in [2.75, 3.05) is 6.61 Å². The number of rotatable bonds is 11. The van der Waals surface area contributed by atoms with Gasteiger partial charge in [-0.2, -0.15) is 0 Å². The van der Waals surface area contributed by atoms with Gasteiger partial charge in [-0.1, -0.05) is 39.0 Å². The van der Waals surface area contributed by atoms with E-state index in [1.807, 2.05) is 6.92 Å². The molecular weight excluding hydrogens is 696 g/mol. The molecule has 15 heteroatoms. The van der Waals surface area contributed by atoms with Crippen molar-refractivity contribution < 1.29 is 74.4 Å². The average molecular weight is 761 g/mol. The predicted molar refractivity (Wildman–Crippen MR) is 188 cm³/mol. The normalized spacial score (nSPS) is 50.2. The number of aliphatic hydroxyl groups excluding tert-OH is 9. The fourth-order valence-electron chi connectivity index (χ4n) is 9.70. The molecule has 3 aliphatic heterocycles. The zero-order chi connectivity index (χ0) is 39.4. The SMILES string of the molecule is C=C[C@@](C)(CC[C@H]1C(=C)CC[C@H]2C(C)(C)[C@@H](O[C@@H]3O[C@H](CO)[C@@H](O)[C@H](O)[C@H]3O[C@@H]3O[C@@H](C)[C@H](O)[C@@H](O)[C@H]3O)CC[C@]12C)O[C@@H]1O[C@@H](C)[C@H](O)[C@@H](O)[C@H]1O. The predicted octanol–water partition coefficient (Wildman–Crippen LogP) is 0.00100. The Kier molecular flexibility index (Phi) is 13.3. The van der Waals surface area contributed by atoms with E-state index in [2.05, 4.69) is 33.9 Å². The van der Waals surface area contributed by atoms with E-state index in [1.54, 1.807) is 13.0 Å². The molecule has 0 unspecified atom stereocenters. The van der Waals surface area contributed by atoms with E-state index in [4.69, 9.17) is 28.4 Å². The lowest BCUT2D eigenvalue weighted by molar-refractivity contribution is -0.375. The number of hydrogen-bond donors (Lipinski definition) is 9. The molecule has 0 aromatic rings. The third-order valence-electron chi connectivity index (χ3n) is 13.3. The average Bonchev–Trinajstić information content (AvgIpc) is 3.11. The summed E-state index contributed by atoms with van der Waals surface area (Å²) in [6, 6.07) is 0. The molecule has 306 valence electrons. The maximum absolute atomic E-state index is 11.2. The second-order valence-electron chi connectivity index (χ2n) is 17.1. The molecule has 5 rings (SSSR count). The molecule has 9 N–H and O–H groups in total. The second-order valence-corrected chi connectivity index (χ2v) is 17.1. The number of hydrogen-bond acceptors (Lipinski definition) is 15. The van der Waals surface area contributed by atoms with Gasteiger partial charge in [0, 0.05) is 0 Å². The van der Waals surface area contributed by atoms with Crippen molar-refractivity contribution in [1.29, 1.82) is 0 Å². The van der Waals surface area contributed by atoms with Crippen LogP contribution in [0.2, 0.25) is 0 Å². The van der Waals surface area contributed by atoms with E-state index < -0.39 is 116 Å². The molecule has 2 saturated carbocycles. The van der Waals surface area contributed by atoms with E-state index in [0.29, 0.717) is 19.3 Å². The minimum atomic E-state index is -1.67. The summed E-state index contributed by atoms with van der Waals surface area (Å²) >= 11 is 0. The van der Waals surface area contributed by atoms with E-state index >= 15 is 0 Å². The summed E-state index contributed by atoms with van der Waals surface area (Å²) < 4.78 is 36.2. The van der Waals surface area contributed by atoms with Crippen LogP contribution < -0.4 is 0 Å². The van der Waals surface area contributed by atoms with Crippen molar-refractivity contribution in [1.82, 2.24) is 0 Å². The highest BCUT2D eigenvalue weighted by atomic mass is 16.8. The molecule has 15 nitrogen and oxygen atoms in total. The molecule has 5 fully saturated rings. The number of ether oxygens (including phenoxy) is 6. The fraction of sp³-hybridized carbons (Fsp3) is 0.895. The van der Waals surface area contributed by atoms with Gasteiger partial charge in [0.25, 0.3) is 0 Å². The maximum atomic E-state index is 11.2. The highest BCUT2D eigenvalue weighted by molar-refractivity contribution is 5.18. The Hall–Kier alpha value is -1.12. The Balaban J connectivity index is 1.31. The Morgan fingerprint density at radius 2 is 1.36 bits per heavy atom. The van der Waals surface area contributed by atoms with Crippen LogP contribution in [0.15, 0.2) is 24.8 Å². The Labute approximate surface area is 312 Å². The Morgan fingerprint density at radius 1 is 0.774 bits per heavy atom. The zero-order valence-corrected chi connectivity index (χ0v) is 31.8. The summed E-state index contributed by atoms with van der Waals surface area (Å²) in [5.74, 6) is 0.216. The third-order valence-corrected chi connectivity index (χ3v) is 13.3. The summed E-state index contributed by atoms with van der Waals surface area (Å²) in [7, 11) is 0. The lowest BCUT2D eigenvalue weighted by Gasteiger charge is -2.61. The largest absolute Gasteiger partial charge is 0.394 e. The lowest BCUT2D eigenvalue weighted by atomic mass is 9.46. The van der Waals surface area contributed by atoms with Gasteiger partial charge in [0.15, 0.2) is 18.9 Å². The fourth-order valence-corrected chi connectivity index (χ4v) is 9.70. The molecule has 2 aliphatic carbocycles. The molecule has 0 amide bonds. The molecule has 20 atom stereocenters. The van der Waals surface area contributed by atoms with E-state index in [-0.39, 0.29) is 17.3 Å². The maximum Gasteiger partial charge on any atom is 0.187 e. The van der Waals surface area contributed by atoms with E-state index in [1.165, 1.54) is 6.92 Å². The molecule has 0 spiro atoms. The minimum Gasteiger partial charge on any atom is -0.394 e. The molecule has 53 heavy (non-hydrogen) atoms. The van der Waals surface area contributed by atoms with Crippen molar-refractivity contribution in [3.05, 3.63) is 24.8 Å². The van der Waals surface area contributed by atoms with Gasteiger partial charge in [0.1, 0.15) is 61.0 Å². The van der Waals surface area contributed by atoms with Crippen LogP contribution in [0.1, 0.15) is 80.1 Å². The summed E-state index contributed by atoms with van der Waals surface area (Å²) in [6.45, 7) is 19.4. The number of fused-ring (bicyclic) bond motifs is 1. The number of allylic oxidation sites excluding steroid dienone is 1. The highest BCUT2D eigenvalue weighted by Gasteiger charge is 2.59. The van der Waals surface area contributed by atoms with Crippen LogP contribution in [-0.4, -0.2) is 156 Å². The minimum absolute atomic E-state index is 0.0827. The first-order chi connectivity index (χ1) is 24.7. The standard InChI is InChI=1S/C38H64O15/c1-9-37(7,53-34-31(47)28(44)25(41)19(4)49-34)14-12-20-17(2)10-11-22-36(5,6)23(13-15-38(20,22)8)51-35-32(29(45)26(42)21(16-39)50-35)52-33-30(46)27(43)24(40)18(3)48-33/h9,18-35,39-47H,1-2,10-16H2,3-8H3/t18-,19-,20-,21+,22-,23-,24-,25-,26+,27+,28+,29-,30+,31+,32+,33-,34-,35-,37-,38+/m0/s1. The molecule has 0 aromatic heterocycles. The first-order valence-electron chi connectivity index (χ1n) is 19.0. The van der Waals surface area contributed by atoms with Gasteiger partial charge in [0.2, 0.25) is 0 Å². The molecule has 3 heterocycles. The van der Waals surface area contributed by atoms with Gasteiger partial charge < -0.3 is 74.4 Å². The molecule has 0 bridgehead atoms. The molecule has 3 saturated heterocycles. The van der Waals surface area contributed by atoms with Gasteiger partial charge in [0.05, 0.1) is 30.5 Å². The van der Waals surface area contributed by atoms with Crippen LogP contribution >= 0.6 is 0 Å². The smallest absolute Gasteiger partial charge is 0.187 e. The van der Waals surface area contributed by atoms with E-state index in [9.17, 15) is 46.0 Å². The molecular formula is C38H64O15. The van der Waals surface area contributed by atoms with Crippen LogP contribution in [0, 0.1) is 22.7 Å². The van der Waals surface area contributed by atoms with Crippen LogP contribution in [0.25, 0.3) is 0 Å². The van der Waals surface area contributed by atoms with E-state index in [0.717, 1.165) is 24.8 Å². The van der Waals surface area contributed by atoms with Crippen LogP contribution in [-0.2, 0) is 28.4 Å². The van der Waals surface area contributed by atoms with Crippen molar-refractivity contribution in [3.8, 4) is 0 Å². The van der Waals surface area contributed by atoms with Crippen molar-refractivity contribution in [2.24, 2.45) is 22.7 Å². The molecule has 0 radical (unpaired) electrons. The van der Waals surface area contributed by atoms with Crippen LogP contribution in [0.3, 0.4) is 0 Å².